The van der Waals surface area contributed by atoms with Crippen LogP contribution >= 0.6 is 0 Å². The molecular weight excluding hydrogens is 210 g/mol. The fraction of sp³-hybridized carbons (Fsp3) is 0.600. The number of nitrogens with one attached hydrogen (secondary N) is 1. The van der Waals surface area contributed by atoms with E-state index >= 15 is 0 Å². The molecule has 2 aliphatic rings. The van der Waals surface area contributed by atoms with Crippen molar-refractivity contribution in [1.29, 1.82) is 0 Å². The van der Waals surface area contributed by atoms with E-state index in [1.807, 2.05) is 0 Å². The monoisotopic (exact) mass is 223 g/mol. The van der Waals surface area contributed by atoms with Gasteiger partial charge in [-0.15, -0.1) is 0 Å². The number of rotatable bonds is 1. The summed E-state index contributed by atoms with van der Waals surface area (Å²) in [6, 6.07) is -0.575. The van der Waals surface area contributed by atoms with Gasteiger partial charge in [0.1, 0.15) is 11.9 Å². The zero-order chi connectivity index (χ0) is 11.7. The number of aliphatic imine (C=N–C) groups is 1. The number of amidine groups is 1. The van der Waals surface area contributed by atoms with E-state index in [2.05, 4.69) is 10.3 Å². The zero-order valence-electron chi connectivity index (χ0n) is 9.02. The summed E-state index contributed by atoms with van der Waals surface area (Å²) in [6.45, 7) is 2.19. The quantitative estimate of drug-likeness (QED) is 0.605. The number of piperidine rings is 1. The van der Waals surface area contributed by atoms with Gasteiger partial charge in [-0.25, -0.2) is 0 Å². The van der Waals surface area contributed by atoms with Gasteiger partial charge in [0.05, 0.1) is 0 Å². The lowest BCUT2D eigenvalue weighted by molar-refractivity contribution is -0.142. The fourth-order valence-electron chi connectivity index (χ4n) is 2.02. The molecule has 2 rings (SSSR count). The Hall–Kier alpha value is -1.72. The molecule has 1 fully saturated rings. The Morgan fingerprint density at radius 1 is 1.31 bits per heavy atom. The van der Waals surface area contributed by atoms with Gasteiger partial charge in [-0.1, -0.05) is 0 Å². The van der Waals surface area contributed by atoms with Crippen molar-refractivity contribution in [1.82, 2.24) is 10.2 Å². The normalized spacial score (nSPS) is 26.6. The first-order valence-corrected chi connectivity index (χ1v) is 5.26. The van der Waals surface area contributed by atoms with Crippen LogP contribution in [0, 0.1) is 0 Å². The average Bonchev–Trinajstić information content (AvgIpc) is 2.20. The van der Waals surface area contributed by atoms with Crippen LogP contribution < -0.4 is 5.32 Å². The van der Waals surface area contributed by atoms with E-state index < -0.39 is 11.9 Å². The van der Waals surface area contributed by atoms with Crippen LogP contribution in [0.15, 0.2) is 4.99 Å². The van der Waals surface area contributed by atoms with Crippen molar-refractivity contribution in [3.8, 4) is 0 Å². The number of nitrogens with zero attached hydrogens (tertiary/aromatic N) is 2. The van der Waals surface area contributed by atoms with Crippen LogP contribution in [-0.2, 0) is 14.4 Å². The van der Waals surface area contributed by atoms with Crippen molar-refractivity contribution in [2.24, 2.45) is 4.99 Å². The van der Waals surface area contributed by atoms with Crippen LogP contribution in [-0.4, -0.2) is 41.0 Å². The Bertz CT molecular complexity index is 389. The number of hydrogen-bond donors (Lipinski definition) is 1. The van der Waals surface area contributed by atoms with Crippen molar-refractivity contribution >= 4 is 23.6 Å². The minimum atomic E-state index is -0.575. The second-order valence-electron chi connectivity index (χ2n) is 3.91. The summed E-state index contributed by atoms with van der Waals surface area (Å²) in [5.41, 5.74) is 0. The summed E-state index contributed by atoms with van der Waals surface area (Å²) >= 11 is 0. The van der Waals surface area contributed by atoms with Crippen molar-refractivity contribution in [2.45, 2.75) is 32.2 Å². The molecule has 0 spiro atoms. The molecule has 1 N–H and O–H groups in total. The Kier molecular flexibility index (Phi) is 2.72. The van der Waals surface area contributed by atoms with Crippen molar-refractivity contribution < 1.29 is 14.4 Å². The first-order chi connectivity index (χ1) is 7.59. The number of carbonyl (C=O) groups excluding carboxylic acids is 3. The first kappa shape index (κ1) is 10.8. The van der Waals surface area contributed by atoms with E-state index in [4.69, 9.17) is 0 Å². The van der Waals surface area contributed by atoms with Crippen LogP contribution in [0.1, 0.15) is 26.2 Å². The van der Waals surface area contributed by atoms with Gasteiger partial charge in [0.25, 0.3) is 0 Å². The molecule has 0 aliphatic carbocycles. The van der Waals surface area contributed by atoms with Gasteiger partial charge < -0.3 is 0 Å². The molecule has 6 heteroatoms. The largest absolute Gasteiger partial charge is 0.295 e. The average molecular weight is 223 g/mol. The third-order valence-corrected chi connectivity index (χ3v) is 2.81. The molecule has 6 nitrogen and oxygen atoms in total. The summed E-state index contributed by atoms with van der Waals surface area (Å²) in [5.74, 6) is -0.214. The molecule has 0 saturated carbocycles. The molecule has 3 amide bonds. The maximum Gasteiger partial charge on any atom is 0.249 e. The molecule has 0 radical (unpaired) electrons. The molecule has 2 aliphatic heterocycles. The van der Waals surface area contributed by atoms with Crippen molar-refractivity contribution in [3.63, 3.8) is 0 Å². The summed E-state index contributed by atoms with van der Waals surface area (Å²) < 4.78 is 0. The van der Waals surface area contributed by atoms with Crippen molar-refractivity contribution in [3.05, 3.63) is 0 Å². The van der Waals surface area contributed by atoms with E-state index in [1.165, 1.54) is 4.90 Å². The highest BCUT2D eigenvalue weighted by molar-refractivity contribution is 6.07. The van der Waals surface area contributed by atoms with Gasteiger partial charge in [0.2, 0.25) is 17.7 Å². The highest BCUT2D eigenvalue weighted by atomic mass is 16.2. The van der Waals surface area contributed by atoms with Crippen LogP contribution in [0.4, 0.5) is 0 Å². The second kappa shape index (κ2) is 4.03. The van der Waals surface area contributed by atoms with Gasteiger partial charge >= 0.3 is 0 Å². The van der Waals surface area contributed by atoms with Gasteiger partial charge in [0, 0.05) is 19.4 Å². The Labute approximate surface area is 92.7 Å². The third kappa shape index (κ3) is 1.82. The molecular formula is C10H13N3O3. The predicted molar refractivity (Wildman–Crippen MR) is 55.6 cm³/mol. The Morgan fingerprint density at radius 3 is 2.69 bits per heavy atom. The number of carbonyl (C=O) groups is 3. The molecule has 16 heavy (non-hydrogen) atoms. The molecule has 86 valence electrons. The standard InChI is InChI=1S/C10H13N3O3/c1-6-11-5-4-9(15)13(6)7-2-3-8(14)12-10(7)16/h7H,2-5H2,1H3,(H,12,14,16). The number of hydrogen-bond acceptors (Lipinski definition) is 4. The van der Waals surface area contributed by atoms with Crippen LogP contribution in [0.25, 0.3) is 0 Å². The number of amides is 3. The first-order valence-electron chi connectivity index (χ1n) is 5.26. The third-order valence-electron chi connectivity index (χ3n) is 2.81. The maximum atomic E-state index is 11.7. The summed E-state index contributed by atoms with van der Waals surface area (Å²) in [7, 11) is 0. The van der Waals surface area contributed by atoms with Crippen LogP contribution in [0.3, 0.4) is 0 Å². The van der Waals surface area contributed by atoms with Gasteiger partial charge in [-0.2, -0.15) is 0 Å². The Balaban J connectivity index is 2.20. The summed E-state index contributed by atoms with van der Waals surface area (Å²) in [6.07, 6.45) is 0.978. The summed E-state index contributed by atoms with van der Waals surface area (Å²) in [4.78, 5) is 39.9. The molecule has 1 unspecified atom stereocenters. The smallest absolute Gasteiger partial charge is 0.249 e. The second-order valence-corrected chi connectivity index (χ2v) is 3.91. The highest BCUT2D eigenvalue weighted by Gasteiger charge is 2.36. The van der Waals surface area contributed by atoms with Gasteiger partial charge in [-0.3, -0.25) is 29.6 Å². The number of imide groups is 1. The fourth-order valence-corrected chi connectivity index (χ4v) is 2.02. The van der Waals surface area contributed by atoms with Gasteiger partial charge in [0.15, 0.2) is 0 Å². The lowest BCUT2D eigenvalue weighted by atomic mass is 10.0. The minimum absolute atomic E-state index is 0.0954. The summed E-state index contributed by atoms with van der Waals surface area (Å²) in [5, 5.41) is 2.24. The van der Waals surface area contributed by atoms with Crippen LogP contribution in [0.5, 0.6) is 0 Å². The topological polar surface area (TPSA) is 78.8 Å². The van der Waals surface area contributed by atoms with E-state index in [0.717, 1.165) is 0 Å². The minimum Gasteiger partial charge on any atom is -0.295 e. The molecule has 0 bridgehead atoms. The van der Waals surface area contributed by atoms with E-state index in [-0.39, 0.29) is 18.2 Å². The molecule has 0 aromatic heterocycles. The van der Waals surface area contributed by atoms with Crippen LogP contribution in [0.2, 0.25) is 0 Å². The van der Waals surface area contributed by atoms with Gasteiger partial charge in [-0.05, 0) is 13.3 Å². The van der Waals surface area contributed by atoms with E-state index in [1.54, 1.807) is 6.92 Å². The predicted octanol–water partition coefficient (Wildman–Crippen LogP) is -0.558. The molecule has 0 aromatic carbocycles. The Morgan fingerprint density at radius 2 is 2.06 bits per heavy atom. The zero-order valence-corrected chi connectivity index (χ0v) is 9.02. The van der Waals surface area contributed by atoms with E-state index in [0.29, 0.717) is 25.2 Å². The van der Waals surface area contributed by atoms with E-state index in [9.17, 15) is 14.4 Å². The SMILES string of the molecule is CC1=NCCC(=O)N1C1CCC(=O)NC1=O. The lowest BCUT2D eigenvalue weighted by Gasteiger charge is -2.34. The molecule has 2 heterocycles. The molecule has 1 saturated heterocycles. The highest BCUT2D eigenvalue weighted by Crippen LogP contribution is 2.16. The molecule has 1 atom stereocenters. The van der Waals surface area contributed by atoms with Crippen molar-refractivity contribution in [2.75, 3.05) is 6.54 Å². The maximum absolute atomic E-state index is 11.7. The lowest BCUT2D eigenvalue weighted by Crippen LogP contribution is -2.56. The molecule has 0 aromatic rings.